The van der Waals surface area contributed by atoms with Gasteiger partial charge in [0.2, 0.25) is 0 Å². The van der Waals surface area contributed by atoms with E-state index in [1.807, 2.05) is 30.3 Å². The molecule has 0 aliphatic carbocycles. The van der Waals surface area contributed by atoms with Crippen LogP contribution in [0.1, 0.15) is 53.9 Å². The molecule has 3 N–H and O–H groups in total. The van der Waals surface area contributed by atoms with Gasteiger partial charge in [0, 0.05) is 11.1 Å². The summed E-state index contributed by atoms with van der Waals surface area (Å²) < 4.78 is 15.5. The molecule has 0 bridgehead atoms. The zero-order chi connectivity index (χ0) is 31.6. The van der Waals surface area contributed by atoms with Crippen LogP contribution in [0.3, 0.4) is 0 Å². The number of Topliss-reactive ketones (excluding diaryl/α,β-unsaturated/α-hetero) is 2. The smallest absolute Gasteiger partial charge is 0.391 e. The molecular formula is C33H28BrFKN2O6-. The fourth-order valence-corrected chi connectivity index (χ4v) is 3.93. The van der Waals surface area contributed by atoms with Crippen molar-refractivity contribution in [2.24, 2.45) is 0 Å². The van der Waals surface area contributed by atoms with Gasteiger partial charge in [0.1, 0.15) is 0 Å². The van der Waals surface area contributed by atoms with Crippen LogP contribution < -0.4 is 57.5 Å². The molecule has 1 heterocycles. The van der Waals surface area contributed by atoms with Crippen molar-refractivity contribution in [2.45, 2.75) is 0 Å². The summed E-state index contributed by atoms with van der Waals surface area (Å²) in [5.41, 5.74) is 2.50. The molecule has 0 saturated carbocycles. The number of carbonyl (C=O) groups excluding carboxylic acids is 6. The number of hydrogen-bond acceptors (Lipinski definition) is 7. The molecule has 0 spiro atoms. The molecule has 222 valence electrons. The van der Waals surface area contributed by atoms with Gasteiger partial charge in [-0.25, -0.2) is 12.1 Å². The van der Waals surface area contributed by atoms with Crippen LogP contribution >= 0.6 is 15.9 Å². The van der Waals surface area contributed by atoms with Gasteiger partial charge in [-0.15, -0.1) is 12.1 Å². The van der Waals surface area contributed by atoms with Gasteiger partial charge in [-0.2, -0.15) is 0 Å². The average molecular weight is 688 g/mol. The number of carbonyl (C=O) groups is 4. The summed E-state index contributed by atoms with van der Waals surface area (Å²) >= 11 is 3.10. The molecule has 0 saturated heterocycles. The number of benzene rings is 4. The van der Waals surface area contributed by atoms with Crippen LogP contribution in [-0.4, -0.2) is 59.9 Å². The molecule has 0 aromatic heterocycles. The van der Waals surface area contributed by atoms with Gasteiger partial charge < -0.3 is 15.7 Å². The van der Waals surface area contributed by atoms with Crippen molar-refractivity contribution in [1.29, 1.82) is 0 Å². The minimum Gasteiger partial charge on any atom is -0.391 e. The summed E-state index contributed by atoms with van der Waals surface area (Å²) in [6.07, 6.45) is 3.27. The van der Waals surface area contributed by atoms with E-state index in [9.17, 15) is 33.2 Å². The van der Waals surface area contributed by atoms with Crippen molar-refractivity contribution in [3.8, 4) is 0 Å². The summed E-state index contributed by atoms with van der Waals surface area (Å²) in [6.45, 7) is -0.226. The number of rotatable bonds is 7. The van der Waals surface area contributed by atoms with E-state index < -0.39 is 19.0 Å². The summed E-state index contributed by atoms with van der Waals surface area (Å²) in [6, 6.07) is 30.8. The van der Waals surface area contributed by atoms with Crippen LogP contribution in [0.25, 0.3) is 0 Å². The molecule has 4 aromatic carbocycles. The second-order valence-corrected chi connectivity index (χ2v) is 8.76. The van der Waals surface area contributed by atoms with Crippen LogP contribution in [-0.2, 0) is 9.59 Å². The van der Waals surface area contributed by atoms with Crippen molar-refractivity contribution >= 4 is 51.9 Å². The molecule has 1 aliphatic rings. The quantitative estimate of drug-likeness (QED) is 0.104. The van der Waals surface area contributed by atoms with Crippen molar-refractivity contribution < 1.29 is 85.9 Å². The first-order chi connectivity index (χ1) is 20.8. The summed E-state index contributed by atoms with van der Waals surface area (Å²) in [5.74, 6) is -0.939. The third-order valence-electron chi connectivity index (χ3n) is 5.64. The Bertz CT molecular complexity index is 1500. The normalized spacial score (nSPS) is 10.7. The fraction of sp³-hybridized carbons (Fsp3) is 0.0909. The summed E-state index contributed by atoms with van der Waals surface area (Å²) in [4.78, 5) is 68.5. The fourth-order valence-electron chi connectivity index (χ4n) is 3.60. The number of fused-ring (bicyclic) bond motifs is 1. The molecule has 5 rings (SSSR count). The second-order valence-electron chi connectivity index (χ2n) is 8.20. The Morgan fingerprint density at radius 2 is 1.05 bits per heavy atom. The molecule has 44 heavy (non-hydrogen) atoms. The van der Waals surface area contributed by atoms with Crippen molar-refractivity contribution in [2.75, 3.05) is 19.0 Å². The summed E-state index contributed by atoms with van der Waals surface area (Å²) in [7, 11) is -1.00. The minimum absolute atomic E-state index is 0. The standard InChI is InChI=1S/C16H11NO3.C8H7BrO.C8H4O2.CH3F.K.H3N/c18-14(11-6-2-1-3-7-11)10-17-15(19)12-8-4-5-9-13(12)16(17)20;9-6-8(10)7-4-2-1-3-5-7;9-5-7-3-1-2-4-8(7)6-10;1-2;;/h1-9H,10H2;1-5H,6H2;1-4H;1H3;;1H3/q;;-2;;+1;/i;;;1D;;. The molecule has 0 atom stereocenters. The third-order valence-corrected chi connectivity index (χ3v) is 6.15. The van der Waals surface area contributed by atoms with Gasteiger partial charge in [-0.05, 0) is 24.7 Å². The van der Waals surface area contributed by atoms with Gasteiger partial charge in [-0.1, -0.05) is 88.7 Å². The number of imide groups is 1. The Balaban J connectivity index is 0.000000660. The van der Waals surface area contributed by atoms with Gasteiger partial charge in [0.15, 0.2) is 11.6 Å². The predicted molar refractivity (Wildman–Crippen MR) is 165 cm³/mol. The van der Waals surface area contributed by atoms with Crippen LogP contribution in [0.4, 0.5) is 4.39 Å². The van der Waals surface area contributed by atoms with Crippen LogP contribution in [0.5, 0.6) is 0 Å². The van der Waals surface area contributed by atoms with Crippen LogP contribution in [0.2, 0.25) is 0 Å². The number of alkyl halides is 2. The Labute approximate surface area is 307 Å². The number of halogens is 2. The Kier molecular flexibility index (Phi) is 19.6. The maximum Gasteiger partial charge on any atom is 1.00 e. The number of ketones is 2. The predicted octanol–water partition coefficient (Wildman–Crippen LogP) is 2.78. The van der Waals surface area contributed by atoms with E-state index in [1.54, 1.807) is 79.3 Å². The Morgan fingerprint density at radius 3 is 1.41 bits per heavy atom. The number of nitrogens with zero attached hydrogens (tertiary/aromatic N) is 1. The van der Waals surface area contributed by atoms with Crippen molar-refractivity contribution in [3.05, 3.63) is 143 Å². The SMILES string of the molecule is N.O=C(CBr)c1ccccc1.O=C(CN1C(=O)c2ccccc2C1=O)c1ccccc1.O=[C-]c1ccccc1[C-]=O.[2H]CF.[K+]. The van der Waals surface area contributed by atoms with Gasteiger partial charge in [0.05, 0.1) is 31.5 Å². The first-order valence-electron chi connectivity index (χ1n) is 12.9. The van der Waals surface area contributed by atoms with Crippen molar-refractivity contribution in [3.63, 3.8) is 0 Å². The molecule has 0 fully saturated rings. The van der Waals surface area contributed by atoms with E-state index >= 15 is 0 Å². The largest absolute Gasteiger partial charge is 1.00 e. The van der Waals surface area contributed by atoms with E-state index in [-0.39, 0.29) is 86.8 Å². The van der Waals surface area contributed by atoms with Crippen molar-refractivity contribution in [1.82, 2.24) is 11.1 Å². The first kappa shape index (κ1) is 38.7. The van der Waals surface area contributed by atoms with Gasteiger partial charge in [-0.3, -0.25) is 39.6 Å². The number of hydrogen-bond donors (Lipinski definition) is 1. The monoisotopic (exact) mass is 686 g/mol. The number of amides is 2. The molecule has 0 radical (unpaired) electrons. The third kappa shape index (κ3) is 11.7. The van der Waals surface area contributed by atoms with Crippen LogP contribution in [0, 0.1) is 0 Å². The maximum absolute atomic E-state index is 12.1. The zero-order valence-corrected chi connectivity index (χ0v) is 28.6. The van der Waals surface area contributed by atoms with E-state index in [2.05, 4.69) is 15.9 Å². The van der Waals surface area contributed by atoms with E-state index in [0.717, 1.165) is 10.5 Å². The van der Waals surface area contributed by atoms with E-state index in [1.165, 1.54) is 12.1 Å². The van der Waals surface area contributed by atoms with Gasteiger partial charge >= 0.3 is 51.4 Å². The molecule has 4 aromatic rings. The first-order valence-corrected chi connectivity index (χ1v) is 13.3. The topological polar surface area (TPSA) is 141 Å². The molecular weight excluding hydrogens is 658 g/mol. The average Bonchev–Trinajstić information content (AvgIpc) is 3.30. The molecule has 1 aliphatic heterocycles. The van der Waals surface area contributed by atoms with Gasteiger partial charge in [0.25, 0.3) is 11.8 Å². The Morgan fingerprint density at radius 1 is 0.705 bits per heavy atom. The molecule has 8 nitrogen and oxygen atoms in total. The molecule has 11 heteroatoms. The summed E-state index contributed by atoms with van der Waals surface area (Å²) in [5, 5.41) is 0.400. The van der Waals surface area contributed by atoms with E-state index in [4.69, 9.17) is 1.37 Å². The second kappa shape index (κ2) is 22.3. The minimum atomic E-state index is -1.00. The molecule has 2 amide bonds. The van der Waals surface area contributed by atoms with E-state index in [0.29, 0.717) is 22.0 Å². The molecule has 0 unspecified atom stereocenters. The zero-order valence-electron chi connectivity index (χ0n) is 24.9. The van der Waals surface area contributed by atoms with Crippen LogP contribution in [0.15, 0.2) is 109 Å². The maximum atomic E-state index is 12.1. The Hall–Kier alpha value is -3.29.